The average molecular weight is 541 g/mol. The van der Waals surface area contributed by atoms with E-state index in [0.29, 0.717) is 40.2 Å². The number of carbonyl (C=O) groups excluding carboxylic acids is 2. The van der Waals surface area contributed by atoms with Crippen molar-refractivity contribution in [3.63, 3.8) is 0 Å². The summed E-state index contributed by atoms with van der Waals surface area (Å²) in [5.41, 5.74) is 3.89. The summed E-state index contributed by atoms with van der Waals surface area (Å²) in [4.78, 5) is 40.0. The molecule has 0 aliphatic carbocycles. The molecule has 0 radical (unpaired) electrons. The highest BCUT2D eigenvalue weighted by Crippen LogP contribution is 2.29. The van der Waals surface area contributed by atoms with Crippen molar-refractivity contribution < 1.29 is 19.5 Å². The summed E-state index contributed by atoms with van der Waals surface area (Å²) in [6.07, 6.45) is 0.430. The first-order valence-corrected chi connectivity index (χ1v) is 13.1. The molecule has 198 valence electrons. The predicted molar refractivity (Wildman–Crippen MR) is 153 cm³/mol. The Bertz CT molecular complexity index is 1460. The lowest BCUT2D eigenvalue weighted by Gasteiger charge is -2.24. The zero-order valence-corrected chi connectivity index (χ0v) is 22.1. The van der Waals surface area contributed by atoms with Crippen LogP contribution in [-0.4, -0.2) is 40.9 Å². The molecule has 0 saturated carbocycles. The van der Waals surface area contributed by atoms with E-state index in [2.05, 4.69) is 5.32 Å². The maximum atomic E-state index is 13.8. The van der Waals surface area contributed by atoms with Crippen LogP contribution in [0.25, 0.3) is 11.1 Å². The third-order valence-electron chi connectivity index (χ3n) is 6.41. The number of nitrogens with zero attached hydrogens (tertiary/aromatic N) is 1. The first-order valence-electron chi connectivity index (χ1n) is 12.7. The molecule has 0 saturated heterocycles. The highest BCUT2D eigenvalue weighted by atomic mass is 35.5. The lowest BCUT2D eigenvalue weighted by Crippen LogP contribution is -2.35. The monoisotopic (exact) mass is 540 g/mol. The van der Waals surface area contributed by atoms with Crippen LogP contribution in [-0.2, 0) is 17.8 Å². The molecule has 4 aromatic carbocycles. The minimum atomic E-state index is -0.971. The highest BCUT2D eigenvalue weighted by molar-refractivity contribution is 6.31. The van der Waals surface area contributed by atoms with E-state index < -0.39 is 5.97 Å². The summed E-state index contributed by atoms with van der Waals surface area (Å²) < 4.78 is 0. The standard InChI is InChI=1S/C32H29ClN2O4/c33-29-17-9-4-12-24(29)22-34-31(38)27-15-7-5-13-25(27)26-14-6-8-16-28(26)32(39)35(21-19-30(36)37)20-18-23-10-2-1-3-11-23/h1-17H,18-22H2,(H,34,38)(H,36,37). The minimum Gasteiger partial charge on any atom is -0.481 e. The van der Waals surface area contributed by atoms with E-state index >= 15 is 0 Å². The Labute approximate surface area is 232 Å². The van der Waals surface area contributed by atoms with Gasteiger partial charge in [-0.2, -0.15) is 0 Å². The number of aliphatic carboxylic acids is 1. The van der Waals surface area contributed by atoms with E-state index in [1.54, 1.807) is 41.3 Å². The smallest absolute Gasteiger partial charge is 0.305 e. The number of amides is 2. The van der Waals surface area contributed by atoms with Gasteiger partial charge >= 0.3 is 5.97 Å². The summed E-state index contributed by atoms with van der Waals surface area (Å²) in [6.45, 7) is 0.704. The molecule has 0 atom stereocenters. The SMILES string of the molecule is O=C(O)CCN(CCc1ccccc1)C(=O)c1ccccc1-c1ccccc1C(=O)NCc1ccccc1Cl. The predicted octanol–water partition coefficient (Wildman–Crippen LogP) is 6.10. The second-order valence-electron chi connectivity index (χ2n) is 9.04. The molecule has 0 fully saturated rings. The second kappa shape index (κ2) is 13.4. The van der Waals surface area contributed by atoms with Gasteiger partial charge in [-0.1, -0.05) is 96.5 Å². The van der Waals surface area contributed by atoms with Crippen molar-refractivity contribution in [3.8, 4) is 11.1 Å². The van der Waals surface area contributed by atoms with Crippen LogP contribution in [0.15, 0.2) is 103 Å². The lowest BCUT2D eigenvalue weighted by atomic mass is 9.94. The first kappa shape index (κ1) is 27.6. The molecule has 39 heavy (non-hydrogen) atoms. The fourth-order valence-corrected chi connectivity index (χ4v) is 4.56. The van der Waals surface area contributed by atoms with E-state index in [0.717, 1.165) is 11.1 Å². The number of hydrogen-bond acceptors (Lipinski definition) is 3. The van der Waals surface area contributed by atoms with Crippen molar-refractivity contribution in [1.29, 1.82) is 0 Å². The minimum absolute atomic E-state index is 0.0787. The van der Waals surface area contributed by atoms with Gasteiger partial charge in [0.15, 0.2) is 0 Å². The van der Waals surface area contributed by atoms with Gasteiger partial charge in [0.25, 0.3) is 11.8 Å². The molecule has 2 N–H and O–H groups in total. The Kier molecular flexibility index (Phi) is 9.48. The van der Waals surface area contributed by atoms with Crippen molar-refractivity contribution in [3.05, 3.63) is 130 Å². The van der Waals surface area contributed by atoms with E-state index in [-0.39, 0.29) is 31.3 Å². The van der Waals surface area contributed by atoms with Gasteiger partial charge in [0.05, 0.1) is 6.42 Å². The van der Waals surface area contributed by atoms with Crippen LogP contribution in [0.3, 0.4) is 0 Å². The molecule has 4 rings (SSSR count). The molecule has 4 aromatic rings. The van der Waals surface area contributed by atoms with Crippen LogP contribution in [0, 0.1) is 0 Å². The zero-order chi connectivity index (χ0) is 27.6. The van der Waals surface area contributed by atoms with Gasteiger partial charge < -0.3 is 15.3 Å². The molecular weight excluding hydrogens is 512 g/mol. The van der Waals surface area contributed by atoms with Crippen LogP contribution < -0.4 is 5.32 Å². The molecular formula is C32H29ClN2O4. The number of benzene rings is 4. The summed E-state index contributed by atoms with van der Waals surface area (Å²) in [7, 11) is 0. The largest absolute Gasteiger partial charge is 0.481 e. The molecule has 0 aliphatic rings. The molecule has 2 amide bonds. The van der Waals surface area contributed by atoms with E-state index in [1.807, 2.05) is 66.7 Å². The fraction of sp³-hybridized carbons (Fsp3) is 0.156. The van der Waals surface area contributed by atoms with Crippen LogP contribution in [0.5, 0.6) is 0 Å². The van der Waals surface area contributed by atoms with Crippen molar-refractivity contribution in [2.75, 3.05) is 13.1 Å². The molecule has 0 heterocycles. The lowest BCUT2D eigenvalue weighted by molar-refractivity contribution is -0.137. The molecule has 0 spiro atoms. The number of hydrogen-bond donors (Lipinski definition) is 2. The summed E-state index contributed by atoms with van der Waals surface area (Å²) in [5, 5.41) is 12.8. The second-order valence-corrected chi connectivity index (χ2v) is 9.44. The van der Waals surface area contributed by atoms with Gasteiger partial charge in [-0.15, -0.1) is 0 Å². The quantitative estimate of drug-likeness (QED) is 0.241. The van der Waals surface area contributed by atoms with Crippen LogP contribution in [0.2, 0.25) is 5.02 Å². The maximum absolute atomic E-state index is 13.8. The van der Waals surface area contributed by atoms with Crippen LogP contribution in [0.4, 0.5) is 0 Å². The summed E-state index contributed by atoms with van der Waals surface area (Å²) in [6, 6.07) is 31.3. The fourth-order valence-electron chi connectivity index (χ4n) is 4.36. The molecule has 6 nitrogen and oxygen atoms in total. The van der Waals surface area contributed by atoms with Gasteiger partial charge in [0.1, 0.15) is 0 Å². The number of rotatable bonds is 11. The van der Waals surface area contributed by atoms with Gasteiger partial charge in [-0.25, -0.2) is 0 Å². The van der Waals surface area contributed by atoms with E-state index in [9.17, 15) is 19.5 Å². The maximum Gasteiger partial charge on any atom is 0.305 e. The third-order valence-corrected chi connectivity index (χ3v) is 6.78. The topological polar surface area (TPSA) is 86.7 Å². The van der Waals surface area contributed by atoms with Crippen LogP contribution in [0.1, 0.15) is 38.3 Å². The van der Waals surface area contributed by atoms with Crippen molar-refractivity contribution >= 4 is 29.4 Å². The molecule has 0 aliphatic heterocycles. The average Bonchev–Trinajstić information content (AvgIpc) is 2.96. The number of nitrogens with one attached hydrogen (secondary N) is 1. The number of carboxylic acid groups (broad SMARTS) is 1. The molecule has 0 bridgehead atoms. The van der Waals surface area contributed by atoms with Crippen molar-refractivity contribution in [2.24, 2.45) is 0 Å². The van der Waals surface area contributed by atoms with Gasteiger partial charge in [-0.3, -0.25) is 14.4 Å². The number of carbonyl (C=O) groups is 3. The Balaban J connectivity index is 1.61. The normalized spacial score (nSPS) is 10.6. The Morgan fingerprint density at radius 2 is 1.31 bits per heavy atom. The zero-order valence-electron chi connectivity index (χ0n) is 21.3. The molecule has 0 unspecified atom stereocenters. The van der Waals surface area contributed by atoms with Crippen molar-refractivity contribution in [2.45, 2.75) is 19.4 Å². The molecule has 7 heteroatoms. The highest BCUT2D eigenvalue weighted by Gasteiger charge is 2.22. The first-order chi connectivity index (χ1) is 18.9. The summed E-state index contributed by atoms with van der Waals surface area (Å²) >= 11 is 6.25. The van der Waals surface area contributed by atoms with Gasteiger partial charge in [0.2, 0.25) is 0 Å². The Morgan fingerprint density at radius 3 is 2.00 bits per heavy atom. The molecule has 0 aromatic heterocycles. The Morgan fingerprint density at radius 1 is 0.718 bits per heavy atom. The number of halogens is 1. The van der Waals surface area contributed by atoms with E-state index in [1.165, 1.54) is 0 Å². The van der Waals surface area contributed by atoms with Gasteiger partial charge in [0, 0.05) is 35.8 Å². The van der Waals surface area contributed by atoms with Crippen LogP contribution >= 0.6 is 11.6 Å². The van der Waals surface area contributed by atoms with Crippen molar-refractivity contribution in [1.82, 2.24) is 10.2 Å². The summed E-state index contributed by atoms with van der Waals surface area (Å²) in [5.74, 6) is -1.55. The number of carboxylic acids is 1. The van der Waals surface area contributed by atoms with E-state index in [4.69, 9.17) is 11.6 Å². The Hall–Kier alpha value is -4.42. The third kappa shape index (κ3) is 7.33. The van der Waals surface area contributed by atoms with Gasteiger partial charge in [-0.05, 0) is 46.9 Å².